The zero-order valence-corrected chi connectivity index (χ0v) is 12.7. The Hall–Kier alpha value is -1.57. The minimum Gasteiger partial charge on any atom is -0.399 e. The Morgan fingerprint density at radius 1 is 1.43 bits per heavy atom. The van der Waals surface area contributed by atoms with Gasteiger partial charge in [-0.1, -0.05) is 0 Å². The molecule has 3 rings (SSSR count). The van der Waals surface area contributed by atoms with Crippen molar-refractivity contribution in [2.45, 2.75) is 23.8 Å². The summed E-state index contributed by atoms with van der Waals surface area (Å²) < 4.78 is 32.5. The van der Waals surface area contributed by atoms with E-state index in [9.17, 15) is 8.42 Å². The van der Waals surface area contributed by atoms with Crippen molar-refractivity contribution in [2.75, 3.05) is 25.9 Å². The van der Waals surface area contributed by atoms with Gasteiger partial charge in [0.25, 0.3) is 0 Å². The second kappa shape index (κ2) is 5.32. The molecule has 1 unspecified atom stereocenters. The maximum absolute atomic E-state index is 12.8. The van der Waals surface area contributed by atoms with Crippen LogP contribution in [0.5, 0.6) is 0 Å². The van der Waals surface area contributed by atoms with Crippen molar-refractivity contribution in [2.24, 2.45) is 0 Å². The first-order valence-electron chi connectivity index (χ1n) is 6.92. The van der Waals surface area contributed by atoms with Gasteiger partial charge in [0.2, 0.25) is 10.0 Å². The van der Waals surface area contributed by atoms with E-state index in [-0.39, 0.29) is 6.10 Å². The molecule has 1 fully saturated rings. The van der Waals surface area contributed by atoms with Crippen LogP contribution < -0.4 is 5.73 Å². The van der Waals surface area contributed by atoms with Crippen molar-refractivity contribution >= 4 is 26.6 Å². The van der Waals surface area contributed by atoms with Crippen molar-refractivity contribution in [1.82, 2.24) is 9.29 Å². The van der Waals surface area contributed by atoms with Crippen LogP contribution in [0.4, 0.5) is 5.69 Å². The predicted molar refractivity (Wildman–Crippen MR) is 81.5 cm³/mol. The lowest BCUT2D eigenvalue weighted by molar-refractivity contribution is 0.0572. The van der Waals surface area contributed by atoms with E-state index in [1.54, 1.807) is 25.3 Å². The molecule has 21 heavy (non-hydrogen) atoms. The first kappa shape index (κ1) is 14.4. The number of hydrogen-bond acceptors (Lipinski definition) is 4. The number of rotatable bonds is 3. The van der Waals surface area contributed by atoms with Gasteiger partial charge in [0.05, 0.1) is 6.10 Å². The average Bonchev–Trinajstić information content (AvgIpc) is 2.91. The van der Waals surface area contributed by atoms with Crippen molar-refractivity contribution in [3.63, 3.8) is 0 Å². The van der Waals surface area contributed by atoms with E-state index in [0.717, 1.165) is 18.4 Å². The number of aromatic nitrogens is 1. The fraction of sp³-hybridized carbons (Fsp3) is 0.429. The fourth-order valence-corrected chi connectivity index (χ4v) is 4.46. The molecule has 0 saturated carbocycles. The summed E-state index contributed by atoms with van der Waals surface area (Å²) in [7, 11) is -1.90. The monoisotopic (exact) mass is 309 g/mol. The van der Waals surface area contributed by atoms with Crippen LogP contribution in [0.25, 0.3) is 10.9 Å². The Morgan fingerprint density at radius 3 is 3.00 bits per heavy atom. The number of nitrogens with two attached hydrogens (primary N) is 1. The number of H-pyrrole nitrogens is 1. The summed E-state index contributed by atoms with van der Waals surface area (Å²) in [6, 6.07) is 5.19. The molecule has 0 radical (unpaired) electrons. The molecule has 1 aromatic carbocycles. The van der Waals surface area contributed by atoms with Gasteiger partial charge in [-0.25, -0.2) is 8.42 Å². The zero-order chi connectivity index (χ0) is 15.0. The summed E-state index contributed by atoms with van der Waals surface area (Å²) in [5.74, 6) is 0. The Bertz CT molecular complexity index is 754. The number of methoxy groups -OCH3 is 1. The van der Waals surface area contributed by atoms with Crippen LogP contribution in [-0.2, 0) is 14.8 Å². The van der Waals surface area contributed by atoms with Crippen LogP contribution in [0.3, 0.4) is 0 Å². The third-order valence-electron chi connectivity index (χ3n) is 3.96. The van der Waals surface area contributed by atoms with Gasteiger partial charge in [-0.2, -0.15) is 4.31 Å². The molecule has 3 N–H and O–H groups in total. The number of benzene rings is 1. The van der Waals surface area contributed by atoms with Crippen LogP contribution >= 0.6 is 0 Å². The maximum Gasteiger partial charge on any atom is 0.245 e. The normalized spacial score (nSPS) is 20.9. The number of sulfonamides is 1. The number of piperidine rings is 1. The smallest absolute Gasteiger partial charge is 0.245 e. The van der Waals surface area contributed by atoms with Crippen LogP contribution in [0, 0.1) is 0 Å². The molecule has 2 aromatic rings. The minimum absolute atomic E-state index is 0.0330. The number of nitrogens with zero attached hydrogens (tertiary/aromatic N) is 1. The van der Waals surface area contributed by atoms with E-state index in [2.05, 4.69) is 4.98 Å². The maximum atomic E-state index is 12.8. The van der Waals surface area contributed by atoms with Gasteiger partial charge in [0.15, 0.2) is 0 Å². The third-order valence-corrected chi connectivity index (χ3v) is 5.86. The molecule has 1 saturated heterocycles. The summed E-state index contributed by atoms with van der Waals surface area (Å²) in [6.07, 6.45) is 3.21. The number of nitrogen functional groups attached to an aromatic ring is 1. The average molecular weight is 309 g/mol. The third kappa shape index (κ3) is 2.52. The highest BCUT2D eigenvalue weighted by atomic mass is 32.2. The summed E-state index contributed by atoms with van der Waals surface area (Å²) >= 11 is 0. The quantitative estimate of drug-likeness (QED) is 0.842. The van der Waals surface area contributed by atoms with Crippen molar-refractivity contribution in [1.29, 1.82) is 0 Å². The number of anilines is 1. The molecule has 1 aliphatic rings. The number of aromatic amines is 1. The molecular weight excluding hydrogens is 290 g/mol. The molecule has 0 amide bonds. The van der Waals surface area contributed by atoms with Gasteiger partial charge >= 0.3 is 0 Å². The van der Waals surface area contributed by atoms with Gasteiger partial charge in [-0.3, -0.25) is 0 Å². The van der Waals surface area contributed by atoms with Crippen molar-refractivity contribution < 1.29 is 13.2 Å². The SMILES string of the molecule is COC1CCCN(S(=O)(=O)c2c[nH]c3cc(N)ccc23)C1. The molecule has 6 nitrogen and oxygen atoms in total. The molecule has 0 aliphatic carbocycles. The standard InChI is InChI=1S/C14H19N3O3S/c1-20-11-3-2-6-17(9-11)21(18,19)14-8-16-13-7-10(15)4-5-12(13)14/h4-5,7-8,11,16H,2-3,6,9,15H2,1H3. The molecule has 0 spiro atoms. The van der Waals surface area contributed by atoms with Gasteiger partial charge in [-0.15, -0.1) is 0 Å². The van der Waals surface area contributed by atoms with E-state index < -0.39 is 10.0 Å². The summed E-state index contributed by atoms with van der Waals surface area (Å²) in [6.45, 7) is 0.935. The molecule has 1 atom stereocenters. The summed E-state index contributed by atoms with van der Waals surface area (Å²) in [5.41, 5.74) is 7.06. The van der Waals surface area contributed by atoms with E-state index >= 15 is 0 Å². The second-order valence-electron chi connectivity index (χ2n) is 5.32. The van der Waals surface area contributed by atoms with E-state index in [1.165, 1.54) is 10.5 Å². The molecule has 1 aliphatic heterocycles. The fourth-order valence-electron chi connectivity index (χ4n) is 2.79. The van der Waals surface area contributed by atoms with Crippen LogP contribution in [0.1, 0.15) is 12.8 Å². The molecule has 1 aromatic heterocycles. The highest BCUT2D eigenvalue weighted by Gasteiger charge is 2.31. The lowest BCUT2D eigenvalue weighted by Crippen LogP contribution is -2.42. The molecule has 7 heteroatoms. The van der Waals surface area contributed by atoms with Crippen molar-refractivity contribution in [3.8, 4) is 0 Å². The number of hydrogen-bond donors (Lipinski definition) is 2. The van der Waals surface area contributed by atoms with Crippen LogP contribution in [-0.4, -0.2) is 44.0 Å². The Labute approximate surface area is 123 Å². The van der Waals surface area contributed by atoms with E-state index in [1.807, 2.05) is 0 Å². The van der Waals surface area contributed by atoms with Crippen LogP contribution in [0.15, 0.2) is 29.3 Å². The van der Waals surface area contributed by atoms with E-state index in [4.69, 9.17) is 10.5 Å². The molecule has 2 heterocycles. The molecule has 0 bridgehead atoms. The topological polar surface area (TPSA) is 88.4 Å². The number of fused-ring (bicyclic) bond motifs is 1. The minimum atomic E-state index is -3.52. The van der Waals surface area contributed by atoms with Gasteiger partial charge in [-0.05, 0) is 31.0 Å². The lowest BCUT2D eigenvalue weighted by atomic mass is 10.1. The summed E-state index contributed by atoms with van der Waals surface area (Å²) in [4.78, 5) is 3.28. The Kier molecular flexibility index (Phi) is 3.64. The number of nitrogens with one attached hydrogen (secondary N) is 1. The first-order chi connectivity index (χ1) is 10.0. The van der Waals surface area contributed by atoms with Gasteiger partial charge < -0.3 is 15.5 Å². The highest BCUT2D eigenvalue weighted by molar-refractivity contribution is 7.89. The Balaban J connectivity index is 2.00. The van der Waals surface area contributed by atoms with E-state index in [0.29, 0.717) is 29.1 Å². The zero-order valence-electron chi connectivity index (χ0n) is 11.9. The Morgan fingerprint density at radius 2 is 2.24 bits per heavy atom. The predicted octanol–water partition coefficient (Wildman–Crippen LogP) is 1.55. The molecule has 114 valence electrons. The first-order valence-corrected chi connectivity index (χ1v) is 8.36. The highest BCUT2D eigenvalue weighted by Crippen LogP contribution is 2.28. The lowest BCUT2D eigenvalue weighted by Gasteiger charge is -2.30. The molecular formula is C14H19N3O3S. The largest absolute Gasteiger partial charge is 0.399 e. The second-order valence-corrected chi connectivity index (χ2v) is 7.23. The summed E-state index contributed by atoms with van der Waals surface area (Å²) in [5, 5.41) is 0.670. The van der Waals surface area contributed by atoms with Gasteiger partial charge in [0.1, 0.15) is 4.90 Å². The van der Waals surface area contributed by atoms with Crippen molar-refractivity contribution in [3.05, 3.63) is 24.4 Å². The number of ether oxygens (including phenoxy) is 1. The van der Waals surface area contributed by atoms with Gasteiger partial charge in [0, 0.05) is 43.0 Å². The van der Waals surface area contributed by atoms with Crippen LogP contribution in [0.2, 0.25) is 0 Å².